The van der Waals surface area contributed by atoms with Crippen LogP contribution in [0.4, 0.5) is 4.79 Å². The van der Waals surface area contributed by atoms with E-state index in [4.69, 9.17) is 5.11 Å². The van der Waals surface area contributed by atoms with Gasteiger partial charge in [0.15, 0.2) is 0 Å². The van der Waals surface area contributed by atoms with Gasteiger partial charge in [-0.15, -0.1) is 0 Å². The molecule has 0 bridgehead atoms. The Hall–Kier alpha value is -1.30. The maximum absolute atomic E-state index is 12.1. The van der Waals surface area contributed by atoms with Gasteiger partial charge in [-0.25, -0.2) is 4.79 Å². The standard InChI is InChI=1S/C12H23N3O3/c1-13-7-4-5-10(9-13)15(3)12(18)14(2)8-6-11(16)17/h10H,4-9H2,1-3H3,(H,16,17). The summed E-state index contributed by atoms with van der Waals surface area (Å²) in [5, 5.41) is 8.61. The molecule has 0 saturated carbocycles. The van der Waals surface area contributed by atoms with Gasteiger partial charge in [0.05, 0.1) is 6.42 Å². The van der Waals surface area contributed by atoms with Crippen LogP contribution in [-0.4, -0.2) is 78.6 Å². The average Bonchev–Trinajstić information content (AvgIpc) is 2.34. The number of likely N-dealkylation sites (N-methyl/N-ethyl adjacent to an activating group) is 2. The van der Waals surface area contributed by atoms with Gasteiger partial charge in [0.25, 0.3) is 0 Å². The minimum absolute atomic E-state index is 0.0132. The zero-order chi connectivity index (χ0) is 13.7. The second-order valence-corrected chi connectivity index (χ2v) is 5.02. The molecule has 0 aromatic rings. The first kappa shape index (κ1) is 14.8. The lowest BCUT2D eigenvalue weighted by Crippen LogP contribution is -2.51. The summed E-state index contributed by atoms with van der Waals surface area (Å²) in [5.74, 6) is -0.880. The summed E-state index contributed by atoms with van der Waals surface area (Å²) in [5.41, 5.74) is 0. The van der Waals surface area contributed by atoms with E-state index in [0.717, 1.165) is 25.9 Å². The van der Waals surface area contributed by atoms with E-state index in [1.807, 2.05) is 0 Å². The summed E-state index contributed by atoms with van der Waals surface area (Å²) in [6.45, 7) is 2.21. The highest BCUT2D eigenvalue weighted by Gasteiger charge is 2.26. The van der Waals surface area contributed by atoms with Crippen LogP contribution in [0.3, 0.4) is 0 Å². The van der Waals surface area contributed by atoms with E-state index in [1.54, 1.807) is 19.0 Å². The van der Waals surface area contributed by atoms with Crippen molar-refractivity contribution in [2.45, 2.75) is 25.3 Å². The van der Waals surface area contributed by atoms with E-state index in [-0.39, 0.29) is 25.0 Å². The van der Waals surface area contributed by atoms with Crippen LogP contribution in [0.2, 0.25) is 0 Å². The third kappa shape index (κ3) is 4.18. The molecule has 0 aromatic heterocycles. The summed E-state index contributed by atoms with van der Waals surface area (Å²) in [6, 6.07) is 0.125. The average molecular weight is 257 g/mol. The van der Waals surface area contributed by atoms with Gasteiger partial charge in [-0.3, -0.25) is 4.79 Å². The molecule has 1 heterocycles. The Balaban J connectivity index is 2.46. The smallest absolute Gasteiger partial charge is 0.319 e. The monoisotopic (exact) mass is 257 g/mol. The SMILES string of the molecule is CN1CCCC(N(C)C(=O)N(C)CCC(=O)O)C1. The van der Waals surface area contributed by atoms with E-state index in [9.17, 15) is 9.59 Å². The summed E-state index contributed by atoms with van der Waals surface area (Å²) < 4.78 is 0. The topological polar surface area (TPSA) is 64.1 Å². The van der Waals surface area contributed by atoms with E-state index in [1.165, 1.54) is 4.90 Å². The van der Waals surface area contributed by atoms with Gasteiger partial charge in [0.1, 0.15) is 0 Å². The minimum atomic E-state index is -0.880. The number of carboxylic acids is 1. The Bertz CT molecular complexity index is 309. The molecule has 6 nitrogen and oxygen atoms in total. The molecule has 1 atom stereocenters. The lowest BCUT2D eigenvalue weighted by molar-refractivity contribution is -0.137. The predicted molar refractivity (Wildman–Crippen MR) is 68.6 cm³/mol. The van der Waals surface area contributed by atoms with Crippen molar-refractivity contribution in [3.63, 3.8) is 0 Å². The maximum Gasteiger partial charge on any atom is 0.319 e. The highest BCUT2D eigenvalue weighted by molar-refractivity contribution is 5.75. The Labute approximate surface area is 108 Å². The number of carbonyl (C=O) groups is 2. The van der Waals surface area contributed by atoms with Crippen LogP contribution >= 0.6 is 0 Å². The minimum Gasteiger partial charge on any atom is -0.481 e. The van der Waals surface area contributed by atoms with E-state index in [0.29, 0.717) is 0 Å². The summed E-state index contributed by atoms with van der Waals surface area (Å²) in [6.07, 6.45) is 2.09. The number of carboxylic acid groups (broad SMARTS) is 1. The lowest BCUT2D eigenvalue weighted by atomic mass is 10.1. The van der Waals surface area contributed by atoms with Gasteiger partial charge < -0.3 is 19.8 Å². The number of likely N-dealkylation sites (tertiary alicyclic amines) is 1. The van der Waals surface area contributed by atoms with Gasteiger partial charge in [-0.05, 0) is 26.4 Å². The van der Waals surface area contributed by atoms with Crippen LogP contribution in [0.15, 0.2) is 0 Å². The Morgan fingerprint density at radius 3 is 2.61 bits per heavy atom. The molecule has 1 aliphatic rings. The molecule has 0 aromatic carbocycles. The number of nitrogens with zero attached hydrogens (tertiary/aromatic N) is 3. The van der Waals surface area contributed by atoms with Gasteiger partial charge in [0, 0.05) is 33.2 Å². The van der Waals surface area contributed by atoms with Crippen molar-refractivity contribution in [2.24, 2.45) is 0 Å². The summed E-state index contributed by atoms with van der Waals surface area (Å²) in [4.78, 5) is 28.0. The molecule has 1 aliphatic heterocycles. The zero-order valence-corrected chi connectivity index (χ0v) is 11.4. The van der Waals surface area contributed by atoms with E-state index >= 15 is 0 Å². The first-order valence-corrected chi connectivity index (χ1v) is 6.30. The number of carbonyl (C=O) groups excluding carboxylic acids is 1. The fraction of sp³-hybridized carbons (Fsp3) is 0.833. The third-order valence-corrected chi connectivity index (χ3v) is 3.44. The number of piperidine rings is 1. The van der Waals surface area contributed by atoms with Gasteiger partial charge in [0.2, 0.25) is 0 Å². The fourth-order valence-corrected chi connectivity index (χ4v) is 2.24. The molecule has 0 spiro atoms. The quantitative estimate of drug-likeness (QED) is 0.798. The lowest BCUT2D eigenvalue weighted by Gasteiger charge is -2.37. The summed E-state index contributed by atoms with van der Waals surface area (Å²) in [7, 11) is 5.50. The Kier molecular flexibility index (Phi) is 5.40. The molecule has 18 heavy (non-hydrogen) atoms. The largest absolute Gasteiger partial charge is 0.481 e. The molecular formula is C12H23N3O3. The highest BCUT2D eigenvalue weighted by Crippen LogP contribution is 2.14. The van der Waals surface area contributed by atoms with Crippen molar-refractivity contribution < 1.29 is 14.7 Å². The normalized spacial score (nSPS) is 20.5. The van der Waals surface area contributed by atoms with Crippen LogP contribution in [0.5, 0.6) is 0 Å². The predicted octanol–water partition coefficient (Wildman–Crippen LogP) is 0.539. The summed E-state index contributed by atoms with van der Waals surface area (Å²) >= 11 is 0. The molecule has 0 radical (unpaired) electrons. The van der Waals surface area contributed by atoms with Gasteiger partial charge in [-0.2, -0.15) is 0 Å². The van der Waals surface area contributed by atoms with Crippen LogP contribution in [-0.2, 0) is 4.79 Å². The molecule has 1 unspecified atom stereocenters. The molecule has 1 fully saturated rings. The molecule has 1 rings (SSSR count). The highest BCUT2D eigenvalue weighted by atomic mass is 16.4. The van der Waals surface area contributed by atoms with Crippen molar-refractivity contribution in [3.05, 3.63) is 0 Å². The van der Waals surface area contributed by atoms with Crippen molar-refractivity contribution in [3.8, 4) is 0 Å². The van der Waals surface area contributed by atoms with Crippen molar-refractivity contribution >= 4 is 12.0 Å². The number of urea groups is 1. The molecule has 6 heteroatoms. The van der Waals surface area contributed by atoms with Crippen LogP contribution < -0.4 is 0 Å². The molecule has 1 N–H and O–H groups in total. The Morgan fingerprint density at radius 2 is 2.06 bits per heavy atom. The van der Waals surface area contributed by atoms with E-state index < -0.39 is 5.97 Å². The van der Waals surface area contributed by atoms with E-state index in [2.05, 4.69) is 11.9 Å². The first-order chi connectivity index (χ1) is 8.41. The van der Waals surface area contributed by atoms with Crippen molar-refractivity contribution in [1.29, 1.82) is 0 Å². The first-order valence-electron chi connectivity index (χ1n) is 6.30. The second-order valence-electron chi connectivity index (χ2n) is 5.02. The van der Waals surface area contributed by atoms with Crippen molar-refractivity contribution in [2.75, 3.05) is 40.8 Å². The number of aliphatic carboxylic acids is 1. The number of hydrogen-bond donors (Lipinski definition) is 1. The molecule has 1 saturated heterocycles. The zero-order valence-electron chi connectivity index (χ0n) is 11.4. The molecule has 0 aliphatic carbocycles. The third-order valence-electron chi connectivity index (χ3n) is 3.44. The van der Waals surface area contributed by atoms with Crippen LogP contribution in [0.25, 0.3) is 0 Å². The molecular weight excluding hydrogens is 234 g/mol. The van der Waals surface area contributed by atoms with Crippen LogP contribution in [0, 0.1) is 0 Å². The number of hydrogen-bond acceptors (Lipinski definition) is 3. The molecule has 2 amide bonds. The number of rotatable bonds is 4. The van der Waals surface area contributed by atoms with Crippen molar-refractivity contribution in [1.82, 2.24) is 14.7 Å². The maximum atomic E-state index is 12.1. The van der Waals surface area contributed by atoms with Gasteiger partial charge >= 0.3 is 12.0 Å². The van der Waals surface area contributed by atoms with Crippen LogP contribution in [0.1, 0.15) is 19.3 Å². The Morgan fingerprint density at radius 1 is 1.39 bits per heavy atom. The molecule has 104 valence electrons. The fourth-order valence-electron chi connectivity index (χ4n) is 2.24. The number of amides is 2. The van der Waals surface area contributed by atoms with Gasteiger partial charge in [-0.1, -0.05) is 0 Å². The second kappa shape index (κ2) is 6.58.